The molecule has 25 heavy (non-hydrogen) atoms. The molecule has 3 aromatic rings. The van der Waals surface area contributed by atoms with Crippen molar-refractivity contribution < 1.29 is 10.2 Å². The summed E-state index contributed by atoms with van der Waals surface area (Å²) in [5.41, 5.74) is 2.29. The molecule has 0 saturated heterocycles. The SMILES string of the molecule is Cn1c(=O)[nH]c(=O)c2c1nc(N/N=C/c1ccccc1O)n2CCO. The molecule has 0 aliphatic carbocycles. The molecule has 0 amide bonds. The Balaban J connectivity index is 2.04. The summed E-state index contributed by atoms with van der Waals surface area (Å²) in [4.78, 5) is 30.2. The van der Waals surface area contributed by atoms with E-state index in [4.69, 9.17) is 0 Å². The number of aromatic hydroxyl groups is 1. The van der Waals surface area contributed by atoms with Crippen molar-refractivity contribution in [3.8, 4) is 5.75 Å². The summed E-state index contributed by atoms with van der Waals surface area (Å²) in [5, 5.41) is 22.9. The Labute approximate surface area is 140 Å². The Bertz CT molecular complexity index is 1060. The van der Waals surface area contributed by atoms with Crippen LogP contribution in [0.2, 0.25) is 0 Å². The molecule has 10 nitrogen and oxygen atoms in total. The van der Waals surface area contributed by atoms with Crippen molar-refractivity contribution >= 4 is 23.3 Å². The molecule has 0 fully saturated rings. The number of anilines is 1. The second kappa shape index (κ2) is 6.61. The molecule has 0 spiro atoms. The lowest BCUT2D eigenvalue weighted by atomic mass is 10.2. The van der Waals surface area contributed by atoms with Gasteiger partial charge in [-0.1, -0.05) is 12.1 Å². The number of benzene rings is 1. The zero-order valence-corrected chi connectivity index (χ0v) is 13.3. The number of aromatic amines is 1. The number of fused-ring (bicyclic) bond motifs is 1. The third-order valence-electron chi connectivity index (χ3n) is 3.64. The molecule has 4 N–H and O–H groups in total. The van der Waals surface area contributed by atoms with Crippen molar-refractivity contribution in [3.63, 3.8) is 0 Å². The van der Waals surface area contributed by atoms with E-state index in [1.165, 1.54) is 28.5 Å². The Hall–Kier alpha value is -3.40. The number of aryl methyl sites for hydroxylation is 1. The van der Waals surface area contributed by atoms with Gasteiger partial charge in [0.1, 0.15) is 5.75 Å². The maximum Gasteiger partial charge on any atom is 0.329 e. The molecule has 0 saturated carbocycles. The first-order valence-corrected chi connectivity index (χ1v) is 7.40. The van der Waals surface area contributed by atoms with Gasteiger partial charge in [-0.3, -0.25) is 14.3 Å². The van der Waals surface area contributed by atoms with Gasteiger partial charge < -0.3 is 14.8 Å². The highest BCUT2D eigenvalue weighted by Crippen LogP contribution is 2.16. The highest BCUT2D eigenvalue weighted by molar-refractivity contribution is 5.83. The smallest absolute Gasteiger partial charge is 0.329 e. The third kappa shape index (κ3) is 3.02. The molecule has 0 aliphatic heterocycles. The van der Waals surface area contributed by atoms with Crippen LogP contribution >= 0.6 is 0 Å². The molecule has 2 heterocycles. The van der Waals surface area contributed by atoms with E-state index in [0.29, 0.717) is 5.56 Å². The van der Waals surface area contributed by atoms with Crippen molar-refractivity contribution in [2.45, 2.75) is 6.54 Å². The van der Waals surface area contributed by atoms with Gasteiger partial charge in [0.25, 0.3) is 5.56 Å². The summed E-state index contributed by atoms with van der Waals surface area (Å²) in [5.74, 6) is 0.248. The van der Waals surface area contributed by atoms with Crippen LogP contribution in [0.15, 0.2) is 39.0 Å². The Morgan fingerprint density at radius 3 is 2.84 bits per heavy atom. The maximum atomic E-state index is 12.1. The Morgan fingerprint density at radius 1 is 1.36 bits per heavy atom. The van der Waals surface area contributed by atoms with Crippen LogP contribution in [0, 0.1) is 0 Å². The summed E-state index contributed by atoms with van der Waals surface area (Å²) in [6.45, 7) is -0.141. The summed E-state index contributed by atoms with van der Waals surface area (Å²) >= 11 is 0. The molecular weight excluding hydrogens is 328 g/mol. The molecule has 0 bridgehead atoms. The van der Waals surface area contributed by atoms with Gasteiger partial charge in [-0.2, -0.15) is 10.1 Å². The van der Waals surface area contributed by atoms with Gasteiger partial charge >= 0.3 is 5.69 Å². The molecule has 0 atom stereocenters. The quantitative estimate of drug-likeness (QED) is 0.366. The number of imidazole rings is 1. The summed E-state index contributed by atoms with van der Waals surface area (Å²) in [6, 6.07) is 6.63. The molecule has 0 radical (unpaired) electrons. The number of phenolic OH excluding ortho intramolecular Hbond substituents is 1. The number of hydrazone groups is 1. The Morgan fingerprint density at radius 2 is 2.12 bits per heavy atom. The van der Waals surface area contributed by atoms with Crippen LogP contribution < -0.4 is 16.7 Å². The molecule has 0 unspecified atom stereocenters. The van der Waals surface area contributed by atoms with E-state index in [-0.39, 0.29) is 36.0 Å². The van der Waals surface area contributed by atoms with Crippen molar-refractivity contribution in [1.82, 2.24) is 19.1 Å². The summed E-state index contributed by atoms with van der Waals surface area (Å²) in [6.07, 6.45) is 1.39. The number of H-pyrrole nitrogens is 1. The number of aliphatic hydroxyl groups excluding tert-OH is 1. The second-order valence-electron chi connectivity index (χ2n) is 5.23. The van der Waals surface area contributed by atoms with Crippen molar-refractivity contribution in [3.05, 3.63) is 50.7 Å². The van der Waals surface area contributed by atoms with Crippen LogP contribution in [0.3, 0.4) is 0 Å². The minimum atomic E-state index is -0.600. The second-order valence-corrected chi connectivity index (χ2v) is 5.23. The minimum Gasteiger partial charge on any atom is -0.507 e. The standard InChI is InChI=1S/C15H16N6O4/c1-20-12-11(13(24)18-15(20)25)21(6-7-22)14(17-12)19-16-8-9-4-2-3-5-10(9)23/h2-5,8,22-23H,6-7H2,1H3,(H,17,19)(H,18,24,25)/b16-8+. The van der Waals surface area contributed by atoms with Gasteiger partial charge in [-0.15, -0.1) is 0 Å². The first kappa shape index (κ1) is 16.5. The number of para-hydroxylation sites is 1. The molecule has 2 aromatic heterocycles. The fourth-order valence-corrected chi connectivity index (χ4v) is 2.39. The van der Waals surface area contributed by atoms with Crippen LogP contribution in [-0.2, 0) is 13.6 Å². The van der Waals surface area contributed by atoms with E-state index in [1.54, 1.807) is 18.2 Å². The molecule has 130 valence electrons. The maximum absolute atomic E-state index is 12.1. The van der Waals surface area contributed by atoms with Gasteiger partial charge in [-0.05, 0) is 12.1 Å². The highest BCUT2D eigenvalue weighted by Gasteiger charge is 2.16. The molecule has 0 aliphatic rings. The lowest BCUT2D eigenvalue weighted by molar-refractivity contribution is 0.278. The topological polar surface area (TPSA) is 138 Å². The van der Waals surface area contributed by atoms with Crippen molar-refractivity contribution in [1.29, 1.82) is 0 Å². The Kier molecular flexibility index (Phi) is 4.35. The lowest BCUT2D eigenvalue weighted by Gasteiger charge is -2.05. The van der Waals surface area contributed by atoms with E-state index in [9.17, 15) is 19.8 Å². The van der Waals surface area contributed by atoms with Crippen molar-refractivity contribution in [2.75, 3.05) is 12.0 Å². The van der Waals surface area contributed by atoms with Crippen LogP contribution in [0.4, 0.5) is 5.95 Å². The summed E-state index contributed by atoms with van der Waals surface area (Å²) < 4.78 is 2.62. The van der Waals surface area contributed by atoms with Crippen LogP contribution in [0.1, 0.15) is 5.56 Å². The van der Waals surface area contributed by atoms with Crippen LogP contribution in [-0.4, -0.2) is 42.1 Å². The minimum absolute atomic E-state index is 0.0655. The zero-order valence-electron chi connectivity index (χ0n) is 13.3. The number of phenols is 1. The number of aliphatic hydroxyl groups is 1. The molecule has 1 aromatic carbocycles. The average molecular weight is 344 g/mol. The highest BCUT2D eigenvalue weighted by atomic mass is 16.3. The fraction of sp³-hybridized carbons (Fsp3) is 0.200. The van der Waals surface area contributed by atoms with Gasteiger partial charge in [0.15, 0.2) is 11.2 Å². The first-order valence-electron chi connectivity index (χ1n) is 7.40. The predicted molar refractivity (Wildman–Crippen MR) is 92.0 cm³/mol. The molecule has 10 heteroatoms. The monoisotopic (exact) mass is 344 g/mol. The fourth-order valence-electron chi connectivity index (χ4n) is 2.39. The van der Waals surface area contributed by atoms with Gasteiger partial charge in [-0.25, -0.2) is 10.2 Å². The number of nitrogens with one attached hydrogen (secondary N) is 2. The molecule has 3 rings (SSSR count). The first-order chi connectivity index (χ1) is 12.0. The van der Waals surface area contributed by atoms with E-state index < -0.39 is 11.2 Å². The van der Waals surface area contributed by atoms with Crippen LogP contribution in [0.5, 0.6) is 5.75 Å². The number of aromatic nitrogens is 4. The zero-order chi connectivity index (χ0) is 18.0. The van der Waals surface area contributed by atoms with Crippen molar-refractivity contribution in [2.24, 2.45) is 12.1 Å². The van der Waals surface area contributed by atoms with E-state index >= 15 is 0 Å². The largest absolute Gasteiger partial charge is 0.507 e. The van der Waals surface area contributed by atoms with E-state index in [1.807, 2.05) is 0 Å². The van der Waals surface area contributed by atoms with Crippen LogP contribution in [0.25, 0.3) is 11.2 Å². The number of hydrogen-bond acceptors (Lipinski definition) is 7. The lowest BCUT2D eigenvalue weighted by Crippen LogP contribution is -2.29. The number of nitrogens with zero attached hydrogens (tertiary/aromatic N) is 4. The summed E-state index contributed by atoms with van der Waals surface area (Å²) in [7, 11) is 1.48. The van der Waals surface area contributed by atoms with E-state index in [0.717, 1.165) is 0 Å². The van der Waals surface area contributed by atoms with Gasteiger partial charge in [0, 0.05) is 19.2 Å². The number of rotatable bonds is 5. The average Bonchev–Trinajstić information content (AvgIpc) is 2.94. The number of hydrogen-bond donors (Lipinski definition) is 4. The van der Waals surface area contributed by atoms with E-state index in [2.05, 4.69) is 20.5 Å². The molecular formula is C15H16N6O4. The predicted octanol–water partition coefficient (Wildman–Crippen LogP) is -0.433. The third-order valence-corrected chi connectivity index (χ3v) is 3.64. The van der Waals surface area contributed by atoms with Gasteiger partial charge in [0.05, 0.1) is 12.8 Å². The van der Waals surface area contributed by atoms with Gasteiger partial charge in [0.2, 0.25) is 5.95 Å². The normalized spacial score (nSPS) is 11.4.